The van der Waals surface area contributed by atoms with E-state index in [9.17, 15) is 8.42 Å². The maximum atomic E-state index is 10.5. The Kier molecular flexibility index (Phi) is 4.77. The molecule has 0 radical (unpaired) electrons. The van der Waals surface area contributed by atoms with Gasteiger partial charge in [-0.15, -0.1) is 0 Å². The van der Waals surface area contributed by atoms with Crippen LogP contribution in [0.5, 0.6) is 5.75 Å². The molecule has 0 bridgehead atoms. The molecule has 0 unspecified atom stereocenters. The third kappa shape index (κ3) is 4.62. The Labute approximate surface area is 102 Å². The van der Waals surface area contributed by atoms with Crippen molar-refractivity contribution in [3.63, 3.8) is 0 Å². The van der Waals surface area contributed by atoms with Gasteiger partial charge in [0.15, 0.2) is 0 Å². The van der Waals surface area contributed by atoms with Crippen molar-refractivity contribution >= 4 is 15.8 Å². The number of benzene rings is 1. The van der Waals surface area contributed by atoms with Gasteiger partial charge in [0.1, 0.15) is 5.75 Å². The summed E-state index contributed by atoms with van der Waals surface area (Å²) in [7, 11) is -2.28. The molecule has 0 saturated heterocycles. The predicted molar refractivity (Wildman–Crippen MR) is 67.3 cm³/mol. The predicted octanol–water partition coefficient (Wildman–Crippen LogP) is 1.69. The van der Waals surface area contributed by atoms with E-state index in [1.165, 1.54) is 0 Å². The number of ether oxygens (including phenoxy) is 1. The number of aryl methyl sites for hydroxylation is 1. The third-order valence-electron chi connectivity index (χ3n) is 2.31. The van der Waals surface area contributed by atoms with Gasteiger partial charge in [-0.2, -0.15) is 8.42 Å². The normalized spacial score (nSPS) is 11.2. The first kappa shape index (κ1) is 13.8. The van der Waals surface area contributed by atoms with Crippen LogP contribution in [-0.4, -0.2) is 32.4 Å². The Morgan fingerprint density at radius 3 is 2.71 bits per heavy atom. The fraction of sp³-hybridized carbons (Fsp3) is 0.455. The Morgan fingerprint density at radius 2 is 2.12 bits per heavy atom. The topological polar surface area (TPSA) is 75.6 Å². The van der Waals surface area contributed by atoms with Crippen LogP contribution in [-0.2, 0) is 10.1 Å². The molecule has 1 aromatic rings. The Morgan fingerprint density at radius 1 is 1.41 bits per heavy atom. The zero-order valence-electron chi connectivity index (χ0n) is 9.93. The second-order valence-electron chi connectivity index (χ2n) is 3.72. The van der Waals surface area contributed by atoms with Crippen LogP contribution in [0.3, 0.4) is 0 Å². The second kappa shape index (κ2) is 5.88. The van der Waals surface area contributed by atoms with Gasteiger partial charge in [-0.25, -0.2) is 0 Å². The van der Waals surface area contributed by atoms with Crippen molar-refractivity contribution in [3.05, 3.63) is 23.8 Å². The van der Waals surface area contributed by atoms with Gasteiger partial charge in [-0.3, -0.25) is 4.55 Å². The van der Waals surface area contributed by atoms with Crippen molar-refractivity contribution in [2.24, 2.45) is 0 Å². The molecule has 0 aliphatic heterocycles. The molecule has 5 nitrogen and oxygen atoms in total. The van der Waals surface area contributed by atoms with Crippen molar-refractivity contribution < 1.29 is 17.7 Å². The van der Waals surface area contributed by atoms with E-state index in [1.807, 2.05) is 25.1 Å². The van der Waals surface area contributed by atoms with Crippen LogP contribution in [0.1, 0.15) is 12.0 Å². The van der Waals surface area contributed by atoms with Gasteiger partial charge >= 0.3 is 0 Å². The highest BCUT2D eigenvalue weighted by molar-refractivity contribution is 7.85. The molecule has 0 saturated carbocycles. The standard InChI is InChI=1S/C11H17NO4S/c1-9-5-3-6-10(11(9)16-2)12-7-4-8-17(13,14)15/h3,5-6,12H,4,7-8H2,1-2H3,(H,13,14,15). The highest BCUT2D eigenvalue weighted by Crippen LogP contribution is 2.27. The third-order valence-corrected chi connectivity index (χ3v) is 3.12. The molecule has 0 amide bonds. The monoisotopic (exact) mass is 259 g/mol. The largest absolute Gasteiger partial charge is 0.494 e. The van der Waals surface area contributed by atoms with E-state index in [4.69, 9.17) is 9.29 Å². The number of hydrogen-bond donors (Lipinski definition) is 2. The van der Waals surface area contributed by atoms with Crippen LogP contribution < -0.4 is 10.1 Å². The number of rotatable bonds is 6. The molecular formula is C11H17NO4S. The minimum absolute atomic E-state index is 0.242. The quantitative estimate of drug-likeness (QED) is 0.600. The van der Waals surface area contributed by atoms with Gasteiger partial charge < -0.3 is 10.1 Å². The number of nitrogens with one attached hydrogen (secondary N) is 1. The van der Waals surface area contributed by atoms with E-state index in [0.717, 1.165) is 17.0 Å². The van der Waals surface area contributed by atoms with Crippen molar-refractivity contribution in [2.45, 2.75) is 13.3 Å². The molecule has 0 aromatic heterocycles. The molecule has 0 fully saturated rings. The van der Waals surface area contributed by atoms with Gasteiger partial charge in [0.05, 0.1) is 18.6 Å². The van der Waals surface area contributed by atoms with Crippen LogP contribution in [0.2, 0.25) is 0 Å². The SMILES string of the molecule is COc1c(C)cccc1NCCCS(=O)(=O)O. The van der Waals surface area contributed by atoms with Crippen molar-refractivity contribution in [2.75, 3.05) is 24.7 Å². The van der Waals surface area contributed by atoms with E-state index in [0.29, 0.717) is 13.0 Å². The van der Waals surface area contributed by atoms with E-state index >= 15 is 0 Å². The van der Waals surface area contributed by atoms with Gasteiger partial charge in [0.25, 0.3) is 10.1 Å². The molecule has 2 N–H and O–H groups in total. The average molecular weight is 259 g/mol. The first-order valence-corrected chi connectivity index (χ1v) is 6.87. The van der Waals surface area contributed by atoms with E-state index in [-0.39, 0.29) is 5.75 Å². The average Bonchev–Trinajstić information content (AvgIpc) is 2.23. The van der Waals surface area contributed by atoms with Crippen LogP contribution in [0.25, 0.3) is 0 Å². The Bertz CT molecular complexity index is 470. The molecule has 1 aromatic carbocycles. The minimum atomic E-state index is -3.87. The summed E-state index contributed by atoms with van der Waals surface area (Å²) in [6.45, 7) is 2.39. The van der Waals surface area contributed by atoms with Crippen LogP contribution in [0.4, 0.5) is 5.69 Å². The fourth-order valence-electron chi connectivity index (χ4n) is 1.54. The highest BCUT2D eigenvalue weighted by Gasteiger charge is 2.06. The zero-order valence-corrected chi connectivity index (χ0v) is 10.8. The van der Waals surface area contributed by atoms with Gasteiger partial charge in [-0.05, 0) is 25.0 Å². The van der Waals surface area contributed by atoms with Crippen LogP contribution in [0.15, 0.2) is 18.2 Å². The van der Waals surface area contributed by atoms with E-state index in [2.05, 4.69) is 5.32 Å². The molecule has 0 atom stereocenters. The number of methoxy groups -OCH3 is 1. The van der Waals surface area contributed by atoms with Crippen molar-refractivity contribution in [1.82, 2.24) is 0 Å². The summed E-state index contributed by atoms with van der Waals surface area (Å²) in [6.07, 6.45) is 0.343. The van der Waals surface area contributed by atoms with Gasteiger partial charge in [0, 0.05) is 6.54 Å². The van der Waals surface area contributed by atoms with Gasteiger partial charge in [0.2, 0.25) is 0 Å². The summed E-state index contributed by atoms with van der Waals surface area (Å²) in [5.74, 6) is 0.507. The molecule has 17 heavy (non-hydrogen) atoms. The van der Waals surface area contributed by atoms with Crippen LogP contribution >= 0.6 is 0 Å². The summed E-state index contributed by atoms with van der Waals surface area (Å²) in [5.41, 5.74) is 1.83. The summed E-state index contributed by atoms with van der Waals surface area (Å²) in [5, 5.41) is 3.08. The molecule has 1 rings (SSSR count). The summed E-state index contributed by atoms with van der Waals surface area (Å²) < 4.78 is 34.9. The van der Waals surface area contributed by atoms with E-state index in [1.54, 1.807) is 7.11 Å². The van der Waals surface area contributed by atoms with Crippen molar-refractivity contribution in [1.29, 1.82) is 0 Å². The first-order valence-electron chi connectivity index (χ1n) is 5.26. The lowest BCUT2D eigenvalue weighted by molar-refractivity contribution is 0.413. The maximum Gasteiger partial charge on any atom is 0.264 e. The molecule has 96 valence electrons. The molecule has 0 aliphatic carbocycles. The Balaban J connectivity index is 2.55. The Hall–Kier alpha value is -1.27. The van der Waals surface area contributed by atoms with E-state index < -0.39 is 10.1 Å². The molecule has 0 spiro atoms. The zero-order chi connectivity index (χ0) is 12.9. The summed E-state index contributed by atoms with van der Waals surface area (Å²) in [4.78, 5) is 0. The molecule has 6 heteroatoms. The fourth-order valence-corrected chi connectivity index (χ4v) is 2.05. The number of hydrogen-bond acceptors (Lipinski definition) is 4. The van der Waals surface area contributed by atoms with Crippen molar-refractivity contribution in [3.8, 4) is 5.75 Å². The smallest absolute Gasteiger partial charge is 0.264 e. The lowest BCUT2D eigenvalue weighted by Gasteiger charge is -2.12. The first-order chi connectivity index (χ1) is 7.94. The molecular weight excluding hydrogens is 242 g/mol. The lowest BCUT2D eigenvalue weighted by Crippen LogP contribution is -2.10. The number of anilines is 1. The molecule has 0 aliphatic rings. The minimum Gasteiger partial charge on any atom is -0.494 e. The highest BCUT2D eigenvalue weighted by atomic mass is 32.2. The van der Waals surface area contributed by atoms with Crippen LogP contribution in [0, 0.1) is 6.92 Å². The molecule has 0 heterocycles. The summed E-state index contributed by atoms with van der Waals surface area (Å²) >= 11 is 0. The second-order valence-corrected chi connectivity index (χ2v) is 5.29. The summed E-state index contributed by atoms with van der Waals surface area (Å²) in [6, 6.07) is 5.68. The van der Waals surface area contributed by atoms with Gasteiger partial charge in [-0.1, -0.05) is 12.1 Å². The maximum absolute atomic E-state index is 10.5. The number of para-hydroxylation sites is 1. The lowest BCUT2D eigenvalue weighted by atomic mass is 10.2.